The number of aromatic nitrogens is 3. The number of benzene rings is 2. The predicted octanol–water partition coefficient (Wildman–Crippen LogP) is 5.58. The highest BCUT2D eigenvalue weighted by molar-refractivity contribution is 5.94. The van der Waals surface area contributed by atoms with E-state index in [2.05, 4.69) is 10.4 Å². The highest BCUT2D eigenvalue weighted by Crippen LogP contribution is 2.39. The smallest absolute Gasteiger partial charge is 0.417 e. The van der Waals surface area contributed by atoms with Gasteiger partial charge in [0.2, 0.25) is 0 Å². The van der Waals surface area contributed by atoms with Crippen molar-refractivity contribution in [2.45, 2.75) is 31.7 Å². The van der Waals surface area contributed by atoms with Gasteiger partial charge in [-0.25, -0.2) is 19.1 Å². The molecular formula is C26H26FN5O4. The molecule has 0 unspecified atom stereocenters. The Hall–Kier alpha value is -4.34. The van der Waals surface area contributed by atoms with Gasteiger partial charge in [0.05, 0.1) is 26.1 Å². The van der Waals surface area contributed by atoms with Gasteiger partial charge in [0.15, 0.2) is 5.65 Å². The highest BCUT2D eigenvalue weighted by atomic mass is 19.1. The molecule has 186 valence electrons. The number of carboxylic acid groups (broad SMARTS) is 1. The summed E-state index contributed by atoms with van der Waals surface area (Å²) in [5.41, 5.74) is 2.58. The molecule has 1 aliphatic rings. The van der Waals surface area contributed by atoms with Gasteiger partial charge in [0, 0.05) is 29.8 Å². The SMILES string of the molecule is COc1ccc(CNc2cc(N(C(=O)O)c3cccc(F)c3)n3ncc(C4CCC4)c3n2)c(OC)c1. The van der Waals surface area contributed by atoms with Crippen molar-refractivity contribution in [2.24, 2.45) is 0 Å². The molecule has 5 rings (SSSR count). The second kappa shape index (κ2) is 9.73. The zero-order valence-corrected chi connectivity index (χ0v) is 19.9. The fourth-order valence-corrected chi connectivity index (χ4v) is 4.36. The molecule has 1 saturated carbocycles. The van der Waals surface area contributed by atoms with Crippen LogP contribution < -0.4 is 19.7 Å². The van der Waals surface area contributed by atoms with Crippen LogP contribution in [-0.2, 0) is 6.54 Å². The molecule has 0 radical (unpaired) electrons. The van der Waals surface area contributed by atoms with Gasteiger partial charge in [0.25, 0.3) is 0 Å². The van der Waals surface area contributed by atoms with E-state index < -0.39 is 11.9 Å². The molecule has 1 amide bonds. The van der Waals surface area contributed by atoms with Gasteiger partial charge in [-0.15, -0.1) is 0 Å². The maximum Gasteiger partial charge on any atom is 0.417 e. The van der Waals surface area contributed by atoms with Crippen molar-refractivity contribution in [3.63, 3.8) is 0 Å². The molecule has 0 aliphatic heterocycles. The molecule has 0 bridgehead atoms. The highest BCUT2D eigenvalue weighted by Gasteiger charge is 2.28. The van der Waals surface area contributed by atoms with E-state index in [0.717, 1.165) is 35.3 Å². The number of nitrogens with zero attached hydrogens (tertiary/aromatic N) is 4. The molecular weight excluding hydrogens is 465 g/mol. The number of fused-ring (bicyclic) bond motifs is 1. The van der Waals surface area contributed by atoms with E-state index in [1.54, 1.807) is 32.5 Å². The van der Waals surface area contributed by atoms with Crippen LogP contribution in [-0.4, -0.2) is 40.0 Å². The fourth-order valence-electron chi connectivity index (χ4n) is 4.36. The van der Waals surface area contributed by atoms with Gasteiger partial charge in [0.1, 0.15) is 29.0 Å². The van der Waals surface area contributed by atoms with Crippen LogP contribution in [0, 0.1) is 5.82 Å². The van der Waals surface area contributed by atoms with Gasteiger partial charge in [-0.1, -0.05) is 12.5 Å². The van der Waals surface area contributed by atoms with Crippen LogP contribution in [0.2, 0.25) is 0 Å². The number of anilines is 3. The van der Waals surface area contributed by atoms with Crippen LogP contribution >= 0.6 is 0 Å². The number of hydrogen-bond donors (Lipinski definition) is 2. The first-order valence-corrected chi connectivity index (χ1v) is 11.6. The summed E-state index contributed by atoms with van der Waals surface area (Å²) >= 11 is 0. The van der Waals surface area contributed by atoms with Gasteiger partial charge in [-0.05, 0) is 49.1 Å². The quantitative estimate of drug-likeness (QED) is 0.332. The molecule has 36 heavy (non-hydrogen) atoms. The normalized spacial score (nSPS) is 13.3. The summed E-state index contributed by atoms with van der Waals surface area (Å²) in [5.74, 6) is 1.80. The van der Waals surface area contributed by atoms with Crippen molar-refractivity contribution in [3.05, 3.63) is 71.7 Å². The summed E-state index contributed by atoms with van der Waals surface area (Å²) in [5, 5.41) is 17.9. The number of halogens is 1. The van der Waals surface area contributed by atoms with E-state index in [4.69, 9.17) is 14.5 Å². The summed E-state index contributed by atoms with van der Waals surface area (Å²) in [6, 6.07) is 12.6. The minimum atomic E-state index is -1.27. The van der Waals surface area contributed by atoms with Gasteiger partial charge >= 0.3 is 6.09 Å². The van der Waals surface area contributed by atoms with E-state index in [1.165, 1.54) is 28.8 Å². The lowest BCUT2D eigenvalue weighted by Gasteiger charge is -2.25. The monoisotopic (exact) mass is 491 g/mol. The van der Waals surface area contributed by atoms with Crippen LogP contribution in [0.4, 0.5) is 26.5 Å². The number of rotatable bonds is 8. The van der Waals surface area contributed by atoms with Crippen molar-refractivity contribution in [3.8, 4) is 11.5 Å². The molecule has 10 heteroatoms. The Bertz CT molecular complexity index is 1420. The van der Waals surface area contributed by atoms with Crippen molar-refractivity contribution >= 4 is 29.1 Å². The van der Waals surface area contributed by atoms with Gasteiger partial charge in [-0.2, -0.15) is 9.61 Å². The van der Waals surface area contributed by atoms with Crippen LogP contribution in [0.3, 0.4) is 0 Å². The van der Waals surface area contributed by atoms with Gasteiger partial charge < -0.3 is 19.9 Å². The minimum absolute atomic E-state index is 0.165. The Morgan fingerprint density at radius 2 is 2.03 bits per heavy atom. The maximum atomic E-state index is 14.0. The van der Waals surface area contributed by atoms with Crippen molar-refractivity contribution in [1.29, 1.82) is 0 Å². The molecule has 1 fully saturated rings. The van der Waals surface area contributed by atoms with E-state index in [0.29, 0.717) is 35.4 Å². The Morgan fingerprint density at radius 3 is 2.69 bits per heavy atom. The minimum Gasteiger partial charge on any atom is -0.497 e. The molecule has 0 saturated heterocycles. The second-order valence-corrected chi connectivity index (χ2v) is 8.59. The largest absolute Gasteiger partial charge is 0.497 e. The summed E-state index contributed by atoms with van der Waals surface area (Å²) in [4.78, 5) is 18.2. The molecule has 2 N–H and O–H groups in total. The Labute approximate surface area is 207 Å². The van der Waals surface area contributed by atoms with Crippen molar-refractivity contribution < 1.29 is 23.8 Å². The van der Waals surface area contributed by atoms with E-state index in [1.807, 2.05) is 12.1 Å². The predicted molar refractivity (Wildman–Crippen MR) is 133 cm³/mol. The molecule has 2 heterocycles. The number of hydrogen-bond acceptors (Lipinski definition) is 6. The standard InChI is InChI=1S/C26H26FN5O4/c1-35-20-10-9-17(22(12-20)36-2)14-28-23-13-24(31(26(33)34)19-8-4-7-18(27)11-19)32-25(30-23)21(15-29-32)16-5-3-6-16/h4,7-13,15-16H,3,5-6,14H2,1-2H3,(H,28,30)(H,33,34). The van der Waals surface area contributed by atoms with E-state index in [-0.39, 0.29) is 11.5 Å². The Balaban J connectivity index is 1.58. The molecule has 9 nitrogen and oxygen atoms in total. The van der Waals surface area contributed by atoms with Crippen LogP contribution in [0.1, 0.15) is 36.3 Å². The Morgan fingerprint density at radius 1 is 1.19 bits per heavy atom. The summed E-state index contributed by atoms with van der Waals surface area (Å²) in [7, 11) is 3.17. The van der Waals surface area contributed by atoms with E-state index in [9.17, 15) is 14.3 Å². The third-order valence-corrected chi connectivity index (χ3v) is 6.47. The average Bonchev–Trinajstić information content (AvgIpc) is 3.25. The lowest BCUT2D eigenvalue weighted by molar-refractivity contribution is 0.204. The average molecular weight is 492 g/mol. The fraction of sp³-hybridized carbons (Fsp3) is 0.269. The first-order valence-electron chi connectivity index (χ1n) is 11.6. The number of ether oxygens (including phenoxy) is 2. The Kier molecular flexibility index (Phi) is 6.32. The number of amides is 1. The molecule has 4 aromatic rings. The number of carbonyl (C=O) groups is 1. The first kappa shape index (κ1) is 23.4. The van der Waals surface area contributed by atoms with E-state index >= 15 is 0 Å². The molecule has 2 aromatic heterocycles. The van der Waals surface area contributed by atoms with Crippen LogP contribution in [0.15, 0.2) is 54.7 Å². The molecule has 0 spiro atoms. The van der Waals surface area contributed by atoms with Crippen molar-refractivity contribution in [2.75, 3.05) is 24.4 Å². The number of nitrogens with one attached hydrogen (secondary N) is 1. The molecule has 0 atom stereocenters. The lowest BCUT2D eigenvalue weighted by atomic mass is 9.81. The molecule has 2 aromatic carbocycles. The molecule has 1 aliphatic carbocycles. The lowest BCUT2D eigenvalue weighted by Crippen LogP contribution is -2.26. The third kappa shape index (κ3) is 4.37. The zero-order chi connectivity index (χ0) is 25.2. The van der Waals surface area contributed by atoms with Gasteiger partial charge in [-0.3, -0.25) is 0 Å². The van der Waals surface area contributed by atoms with Crippen LogP contribution in [0.5, 0.6) is 11.5 Å². The second-order valence-electron chi connectivity index (χ2n) is 8.59. The first-order chi connectivity index (χ1) is 17.5. The summed E-state index contributed by atoms with van der Waals surface area (Å²) < 4.78 is 26.3. The third-order valence-electron chi connectivity index (χ3n) is 6.47. The zero-order valence-electron chi connectivity index (χ0n) is 19.9. The summed E-state index contributed by atoms with van der Waals surface area (Å²) in [6.45, 7) is 0.371. The van der Waals surface area contributed by atoms with Crippen LogP contribution in [0.25, 0.3) is 5.65 Å². The topological polar surface area (TPSA) is 101 Å². The maximum absolute atomic E-state index is 14.0. The van der Waals surface area contributed by atoms with Crippen molar-refractivity contribution in [1.82, 2.24) is 14.6 Å². The number of methoxy groups -OCH3 is 2. The summed E-state index contributed by atoms with van der Waals surface area (Å²) in [6.07, 6.45) is 3.68.